The van der Waals surface area contributed by atoms with Gasteiger partial charge in [-0.15, -0.1) is 11.3 Å². The molecule has 0 radical (unpaired) electrons. The van der Waals surface area contributed by atoms with Crippen molar-refractivity contribution < 1.29 is 4.79 Å². The molecule has 1 saturated heterocycles. The van der Waals surface area contributed by atoms with Crippen molar-refractivity contribution >= 4 is 33.3 Å². The Morgan fingerprint density at radius 2 is 2.24 bits per heavy atom. The summed E-state index contributed by atoms with van der Waals surface area (Å²) in [6.45, 7) is 6.47. The molecular formula is C15H20N4OS. The van der Waals surface area contributed by atoms with E-state index in [0.29, 0.717) is 0 Å². The Hall–Kier alpha value is -1.69. The van der Waals surface area contributed by atoms with Crippen LogP contribution in [-0.2, 0) is 4.79 Å². The number of likely N-dealkylation sites (N-methyl/N-ethyl adjacent to an activating group) is 1. The number of amides is 1. The summed E-state index contributed by atoms with van der Waals surface area (Å²) in [4.78, 5) is 26.5. The molecule has 1 unspecified atom stereocenters. The molecule has 1 atom stereocenters. The minimum absolute atomic E-state index is 0.0806. The molecule has 112 valence electrons. The number of hydrogen-bond acceptors (Lipinski definition) is 5. The third-order valence-corrected chi connectivity index (χ3v) is 4.95. The lowest BCUT2D eigenvalue weighted by Crippen LogP contribution is -2.46. The van der Waals surface area contributed by atoms with Gasteiger partial charge in [-0.1, -0.05) is 0 Å². The van der Waals surface area contributed by atoms with E-state index in [1.807, 2.05) is 30.2 Å². The molecule has 5 nitrogen and oxygen atoms in total. The second kappa shape index (κ2) is 5.97. The zero-order chi connectivity index (χ0) is 14.8. The van der Waals surface area contributed by atoms with Crippen molar-refractivity contribution in [3.8, 4) is 0 Å². The second-order valence-electron chi connectivity index (χ2n) is 5.20. The van der Waals surface area contributed by atoms with Crippen molar-refractivity contribution in [2.75, 3.05) is 24.5 Å². The predicted molar refractivity (Wildman–Crippen MR) is 85.7 cm³/mol. The Bertz CT molecular complexity index is 637. The second-order valence-corrected chi connectivity index (χ2v) is 6.09. The van der Waals surface area contributed by atoms with E-state index in [0.717, 1.165) is 48.5 Å². The molecule has 2 aromatic heterocycles. The molecule has 1 amide bonds. The lowest BCUT2D eigenvalue weighted by atomic mass is 10.2. The van der Waals surface area contributed by atoms with Gasteiger partial charge in [-0.25, -0.2) is 9.97 Å². The first-order valence-electron chi connectivity index (χ1n) is 7.49. The quantitative estimate of drug-likeness (QED) is 0.871. The molecule has 1 aliphatic rings. The maximum absolute atomic E-state index is 12.7. The van der Waals surface area contributed by atoms with Crippen molar-refractivity contribution in [2.45, 2.75) is 32.7 Å². The van der Waals surface area contributed by atoms with Crippen LogP contribution >= 0.6 is 11.3 Å². The maximum atomic E-state index is 12.7. The molecule has 0 aliphatic carbocycles. The minimum Gasteiger partial charge on any atom is -0.344 e. The summed E-state index contributed by atoms with van der Waals surface area (Å²) >= 11 is 1.61. The van der Waals surface area contributed by atoms with Gasteiger partial charge >= 0.3 is 0 Å². The third-order valence-electron chi connectivity index (χ3n) is 4.13. The van der Waals surface area contributed by atoms with Crippen LogP contribution in [0.2, 0.25) is 0 Å². The molecule has 3 heterocycles. The molecule has 0 N–H and O–H groups in total. The first kappa shape index (κ1) is 14.3. The molecule has 2 aromatic rings. The van der Waals surface area contributed by atoms with E-state index in [1.54, 1.807) is 17.7 Å². The van der Waals surface area contributed by atoms with Gasteiger partial charge in [-0.05, 0) is 38.1 Å². The van der Waals surface area contributed by atoms with Gasteiger partial charge in [0, 0.05) is 19.6 Å². The highest BCUT2D eigenvalue weighted by Crippen LogP contribution is 2.32. The molecule has 21 heavy (non-hydrogen) atoms. The van der Waals surface area contributed by atoms with Crippen LogP contribution in [0.15, 0.2) is 17.8 Å². The predicted octanol–water partition coefficient (Wildman–Crippen LogP) is 2.53. The molecule has 0 aromatic carbocycles. The standard InChI is InChI=1S/C15H20N4OS/c1-3-18(4-2)15(20)12-6-5-8-19(12)13-11-7-9-21-14(11)17-10-16-13/h7,9-10,12H,3-6,8H2,1-2H3. The minimum atomic E-state index is -0.0806. The van der Waals surface area contributed by atoms with E-state index < -0.39 is 0 Å². The fraction of sp³-hybridized carbons (Fsp3) is 0.533. The summed E-state index contributed by atoms with van der Waals surface area (Å²) in [5.74, 6) is 1.13. The Morgan fingerprint density at radius 1 is 1.43 bits per heavy atom. The summed E-state index contributed by atoms with van der Waals surface area (Å²) in [5.41, 5.74) is 0. The van der Waals surface area contributed by atoms with Crippen LogP contribution in [0.5, 0.6) is 0 Å². The van der Waals surface area contributed by atoms with Crippen LogP contribution in [0.1, 0.15) is 26.7 Å². The highest BCUT2D eigenvalue weighted by atomic mass is 32.1. The Labute approximate surface area is 128 Å². The smallest absolute Gasteiger partial charge is 0.245 e. The number of carbonyl (C=O) groups is 1. The normalized spacial score (nSPS) is 18.4. The topological polar surface area (TPSA) is 49.3 Å². The van der Waals surface area contributed by atoms with Crippen LogP contribution in [-0.4, -0.2) is 46.5 Å². The molecule has 0 bridgehead atoms. The molecule has 0 saturated carbocycles. The summed E-state index contributed by atoms with van der Waals surface area (Å²) in [7, 11) is 0. The number of hydrogen-bond donors (Lipinski definition) is 0. The molecule has 0 spiro atoms. The number of thiophene rings is 1. The lowest BCUT2D eigenvalue weighted by Gasteiger charge is -2.29. The van der Waals surface area contributed by atoms with Crippen molar-refractivity contribution in [3.63, 3.8) is 0 Å². The Morgan fingerprint density at radius 3 is 3.00 bits per heavy atom. The number of aromatic nitrogens is 2. The highest BCUT2D eigenvalue weighted by Gasteiger charge is 2.34. The van der Waals surface area contributed by atoms with Gasteiger partial charge in [-0.3, -0.25) is 4.79 Å². The molecule has 6 heteroatoms. The number of anilines is 1. The number of carbonyl (C=O) groups excluding carboxylic acids is 1. The SMILES string of the molecule is CCN(CC)C(=O)C1CCCN1c1ncnc2sccc12. The lowest BCUT2D eigenvalue weighted by molar-refractivity contribution is -0.132. The summed E-state index contributed by atoms with van der Waals surface area (Å²) in [5, 5.41) is 3.09. The van der Waals surface area contributed by atoms with Gasteiger partial charge in [0.05, 0.1) is 5.39 Å². The third kappa shape index (κ3) is 2.48. The van der Waals surface area contributed by atoms with E-state index in [2.05, 4.69) is 14.9 Å². The van der Waals surface area contributed by atoms with E-state index in [9.17, 15) is 4.79 Å². The van der Waals surface area contributed by atoms with Crippen LogP contribution in [0.3, 0.4) is 0 Å². The monoisotopic (exact) mass is 304 g/mol. The number of fused-ring (bicyclic) bond motifs is 1. The van der Waals surface area contributed by atoms with Crippen LogP contribution < -0.4 is 4.90 Å². The van der Waals surface area contributed by atoms with E-state index in [4.69, 9.17) is 0 Å². The molecule has 1 aliphatic heterocycles. The molecule has 3 rings (SSSR count). The van der Waals surface area contributed by atoms with Crippen LogP contribution in [0.4, 0.5) is 5.82 Å². The fourth-order valence-corrected chi connectivity index (χ4v) is 3.76. The summed E-state index contributed by atoms with van der Waals surface area (Å²) in [6, 6.07) is 1.97. The van der Waals surface area contributed by atoms with Gasteiger partial charge in [-0.2, -0.15) is 0 Å². The average Bonchev–Trinajstić information content (AvgIpc) is 3.16. The average molecular weight is 304 g/mol. The van der Waals surface area contributed by atoms with Crippen molar-refractivity contribution in [2.24, 2.45) is 0 Å². The van der Waals surface area contributed by atoms with Gasteiger partial charge in [0.15, 0.2) is 0 Å². The fourth-order valence-electron chi connectivity index (χ4n) is 3.03. The van der Waals surface area contributed by atoms with E-state index in [1.165, 1.54) is 0 Å². The zero-order valence-electron chi connectivity index (χ0n) is 12.5. The Kier molecular flexibility index (Phi) is 4.05. The van der Waals surface area contributed by atoms with Gasteiger partial charge in [0.1, 0.15) is 23.0 Å². The van der Waals surface area contributed by atoms with Crippen LogP contribution in [0, 0.1) is 0 Å². The van der Waals surface area contributed by atoms with Gasteiger partial charge in [0.2, 0.25) is 5.91 Å². The first-order chi connectivity index (χ1) is 10.3. The summed E-state index contributed by atoms with van der Waals surface area (Å²) < 4.78 is 0. The maximum Gasteiger partial charge on any atom is 0.245 e. The van der Waals surface area contributed by atoms with E-state index in [-0.39, 0.29) is 11.9 Å². The molecule has 1 fully saturated rings. The number of rotatable bonds is 4. The van der Waals surface area contributed by atoms with Crippen molar-refractivity contribution in [3.05, 3.63) is 17.8 Å². The van der Waals surface area contributed by atoms with Crippen molar-refractivity contribution in [1.82, 2.24) is 14.9 Å². The number of nitrogens with zero attached hydrogens (tertiary/aromatic N) is 4. The van der Waals surface area contributed by atoms with Gasteiger partial charge < -0.3 is 9.80 Å². The van der Waals surface area contributed by atoms with E-state index >= 15 is 0 Å². The molecular weight excluding hydrogens is 284 g/mol. The largest absolute Gasteiger partial charge is 0.344 e. The van der Waals surface area contributed by atoms with Gasteiger partial charge in [0.25, 0.3) is 0 Å². The van der Waals surface area contributed by atoms with Crippen LogP contribution in [0.25, 0.3) is 10.2 Å². The highest BCUT2D eigenvalue weighted by molar-refractivity contribution is 7.16. The Balaban J connectivity index is 1.94. The summed E-state index contributed by atoms with van der Waals surface area (Å²) in [6.07, 6.45) is 3.55. The first-order valence-corrected chi connectivity index (χ1v) is 8.37. The van der Waals surface area contributed by atoms with Crippen molar-refractivity contribution in [1.29, 1.82) is 0 Å². The zero-order valence-corrected chi connectivity index (χ0v) is 13.3.